The average Bonchev–Trinajstić information content (AvgIpc) is 2.68. The molecular weight excluding hydrogens is 426 g/mol. The molecule has 0 saturated carbocycles. The largest absolute Gasteiger partial charge is 0.377 e. The quantitative estimate of drug-likeness (QED) is 0.574. The zero-order chi connectivity index (χ0) is 13.9. The van der Waals surface area contributed by atoms with E-state index >= 15 is 0 Å². The number of aryl methyl sites for hydroxylation is 2. The minimum Gasteiger partial charge on any atom is -0.377 e. The number of aromatic nitrogens is 3. The second kappa shape index (κ2) is 4.74. The Kier molecular flexibility index (Phi) is 3.51. The standard InChI is InChI=1S/C14H15N3O2.W/c1-6-7(2)9(4)12-11(8(6)3)15-5-10-13(18)16-14(19)17(10)12;/h5H,1-4H3,(H2,15,16,18,19);/p-1. The third-order valence-electron chi connectivity index (χ3n) is 4.08. The van der Waals surface area contributed by atoms with Crippen LogP contribution in [0, 0.1) is 27.7 Å². The summed E-state index contributed by atoms with van der Waals surface area (Å²) in [4.78, 5) is 30.2. The van der Waals surface area contributed by atoms with Crippen LogP contribution < -0.4 is 16.2 Å². The van der Waals surface area contributed by atoms with E-state index in [1.165, 1.54) is 10.1 Å². The molecule has 0 saturated heterocycles. The van der Waals surface area contributed by atoms with E-state index in [0.29, 0.717) is 5.69 Å². The van der Waals surface area contributed by atoms with Gasteiger partial charge < -0.3 is 14.5 Å². The monoisotopic (exact) mass is 440 g/mol. The van der Waals surface area contributed by atoms with Crippen LogP contribution in [0.3, 0.4) is 0 Å². The SMILES string of the molecule is Cc1c(C)c(C)c2c([nH]cc3c(=O)[n-]c(=O)n2-3)c1C.[W]. The number of rotatable bonds is 0. The summed E-state index contributed by atoms with van der Waals surface area (Å²) in [7, 11) is 0. The minimum absolute atomic E-state index is 0. The van der Waals surface area contributed by atoms with Crippen LogP contribution in [0.4, 0.5) is 0 Å². The van der Waals surface area contributed by atoms with Crippen LogP contribution in [-0.4, -0.2) is 9.55 Å². The fourth-order valence-electron chi connectivity index (χ4n) is 2.62. The Labute approximate surface area is 129 Å². The van der Waals surface area contributed by atoms with Crippen LogP contribution in [0.25, 0.3) is 16.7 Å². The van der Waals surface area contributed by atoms with Crippen molar-refractivity contribution in [2.45, 2.75) is 27.7 Å². The third-order valence-corrected chi connectivity index (χ3v) is 4.08. The predicted octanol–water partition coefficient (Wildman–Crippen LogP) is 1.31. The second-order valence-electron chi connectivity index (χ2n) is 4.93. The number of nitrogens with zero attached hydrogens (tertiary/aromatic N) is 2. The van der Waals surface area contributed by atoms with Crippen molar-refractivity contribution in [2.24, 2.45) is 0 Å². The van der Waals surface area contributed by atoms with Gasteiger partial charge in [-0.2, -0.15) is 0 Å². The van der Waals surface area contributed by atoms with Gasteiger partial charge in [-0.3, -0.25) is 9.59 Å². The fourth-order valence-corrected chi connectivity index (χ4v) is 2.62. The topological polar surface area (TPSA) is 69.0 Å². The molecule has 1 aromatic rings. The first kappa shape index (κ1) is 14.8. The molecule has 0 atom stereocenters. The Morgan fingerprint density at radius 1 is 1.00 bits per heavy atom. The van der Waals surface area contributed by atoms with Gasteiger partial charge in [-0.25, -0.2) is 0 Å². The van der Waals surface area contributed by atoms with E-state index in [2.05, 4.69) is 16.9 Å². The van der Waals surface area contributed by atoms with E-state index in [1.807, 2.05) is 20.8 Å². The molecule has 5 nitrogen and oxygen atoms in total. The Balaban J connectivity index is 0.00000147. The van der Waals surface area contributed by atoms with Gasteiger partial charge in [0.25, 0.3) is 0 Å². The summed E-state index contributed by atoms with van der Waals surface area (Å²) in [6.45, 7) is 8.04. The maximum Gasteiger partial charge on any atom is 0.178 e. The smallest absolute Gasteiger partial charge is 0.178 e. The molecular formula is C14H14N3O2W-. The maximum absolute atomic E-state index is 11.9. The summed E-state index contributed by atoms with van der Waals surface area (Å²) in [6, 6.07) is 0. The molecule has 1 N–H and O–H groups in total. The average molecular weight is 440 g/mol. The van der Waals surface area contributed by atoms with Crippen molar-refractivity contribution >= 4 is 11.0 Å². The van der Waals surface area contributed by atoms with Crippen LogP contribution in [0.15, 0.2) is 15.8 Å². The van der Waals surface area contributed by atoms with E-state index < -0.39 is 11.2 Å². The number of aromatic amines is 1. The molecule has 20 heavy (non-hydrogen) atoms. The van der Waals surface area contributed by atoms with E-state index in [1.54, 1.807) is 6.20 Å². The van der Waals surface area contributed by atoms with Crippen LogP contribution in [-0.2, 0) is 21.1 Å². The molecule has 0 amide bonds. The van der Waals surface area contributed by atoms with Gasteiger partial charge in [-0.05, 0) is 55.5 Å². The van der Waals surface area contributed by atoms with E-state index in [0.717, 1.165) is 27.7 Å². The van der Waals surface area contributed by atoms with E-state index in [-0.39, 0.29) is 21.1 Å². The predicted molar refractivity (Wildman–Crippen MR) is 73.6 cm³/mol. The van der Waals surface area contributed by atoms with Crippen molar-refractivity contribution in [1.29, 1.82) is 0 Å². The number of H-pyrrole nitrogens is 1. The molecule has 0 bridgehead atoms. The normalized spacial score (nSPS) is 11.0. The Morgan fingerprint density at radius 2 is 1.60 bits per heavy atom. The summed E-state index contributed by atoms with van der Waals surface area (Å²) in [5, 5.41) is 0. The molecule has 2 aliphatic rings. The summed E-state index contributed by atoms with van der Waals surface area (Å²) < 4.78 is 1.41. The minimum atomic E-state index is -0.509. The number of imidazole rings is 1. The van der Waals surface area contributed by atoms with Gasteiger partial charge in [0.05, 0.1) is 0 Å². The molecule has 0 aromatic heterocycles. The number of benzene rings is 1. The van der Waals surface area contributed by atoms with E-state index in [4.69, 9.17) is 0 Å². The maximum atomic E-state index is 11.9. The molecule has 0 fully saturated rings. The van der Waals surface area contributed by atoms with Crippen molar-refractivity contribution in [1.82, 2.24) is 14.5 Å². The van der Waals surface area contributed by atoms with Gasteiger partial charge in [-0.1, -0.05) is 0 Å². The van der Waals surface area contributed by atoms with Gasteiger partial charge in [0.2, 0.25) is 0 Å². The van der Waals surface area contributed by atoms with E-state index in [9.17, 15) is 9.59 Å². The number of fused-ring (bicyclic) bond motifs is 3. The summed E-state index contributed by atoms with van der Waals surface area (Å²) in [5.41, 5.74) is 5.32. The van der Waals surface area contributed by atoms with Crippen LogP contribution in [0.5, 0.6) is 0 Å². The van der Waals surface area contributed by atoms with Crippen molar-refractivity contribution in [3.8, 4) is 5.69 Å². The van der Waals surface area contributed by atoms with Crippen LogP contribution in [0.1, 0.15) is 22.3 Å². The number of hydrogen-bond acceptors (Lipinski definition) is 2. The first-order valence-corrected chi connectivity index (χ1v) is 6.10. The Hall–Kier alpha value is -1.61. The van der Waals surface area contributed by atoms with Gasteiger partial charge >= 0.3 is 0 Å². The van der Waals surface area contributed by atoms with Crippen LogP contribution in [0.2, 0.25) is 0 Å². The second-order valence-corrected chi connectivity index (χ2v) is 4.93. The molecule has 6 heteroatoms. The third kappa shape index (κ3) is 1.73. The molecule has 0 unspecified atom stereocenters. The first-order valence-electron chi connectivity index (χ1n) is 6.10. The molecule has 0 radical (unpaired) electrons. The van der Waals surface area contributed by atoms with Crippen molar-refractivity contribution in [2.75, 3.05) is 0 Å². The summed E-state index contributed by atoms with van der Waals surface area (Å²) in [5.74, 6) is 0. The molecule has 0 spiro atoms. The molecule has 0 aliphatic carbocycles. The number of nitrogens with one attached hydrogen (secondary N) is 1. The van der Waals surface area contributed by atoms with Gasteiger partial charge in [-0.15, -0.1) is 0 Å². The molecule has 2 aliphatic heterocycles. The molecule has 104 valence electrons. The first-order chi connectivity index (χ1) is 8.93. The Bertz CT molecular complexity index is 902. The fraction of sp³-hybridized carbons (Fsp3) is 0.286. The summed E-state index contributed by atoms with van der Waals surface area (Å²) in [6.07, 6.45) is 1.56. The summed E-state index contributed by atoms with van der Waals surface area (Å²) >= 11 is 0. The molecule has 1 aromatic carbocycles. The van der Waals surface area contributed by atoms with Gasteiger partial charge in [0.15, 0.2) is 11.2 Å². The van der Waals surface area contributed by atoms with Gasteiger partial charge in [0.1, 0.15) is 0 Å². The zero-order valence-corrected chi connectivity index (χ0v) is 14.6. The van der Waals surface area contributed by atoms with Gasteiger partial charge in [0, 0.05) is 38.5 Å². The molecule has 2 heterocycles. The van der Waals surface area contributed by atoms with Crippen molar-refractivity contribution in [3.05, 3.63) is 49.3 Å². The molecule has 3 rings (SSSR count). The Morgan fingerprint density at radius 3 is 2.25 bits per heavy atom. The van der Waals surface area contributed by atoms with Crippen molar-refractivity contribution < 1.29 is 21.1 Å². The van der Waals surface area contributed by atoms with Crippen LogP contribution >= 0.6 is 0 Å². The van der Waals surface area contributed by atoms with Crippen molar-refractivity contribution in [3.63, 3.8) is 0 Å². The number of hydrogen-bond donors (Lipinski definition) is 1. The zero-order valence-electron chi connectivity index (χ0n) is 11.7.